The van der Waals surface area contributed by atoms with Gasteiger partial charge in [-0.3, -0.25) is 9.78 Å². The van der Waals surface area contributed by atoms with Gasteiger partial charge in [-0.2, -0.15) is 5.26 Å². The number of aromatic nitrogens is 1. The predicted octanol–water partition coefficient (Wildman–Crippen LogP) is 2.23. The van der Waals surface area contributed by atoms with Crippen LogP contribution < -0.4 is 4.74 Å². The number of hydrogen-bond acceptors (Lipinski definition) is 5. The van der Waals surface area contributed by atoms with Gasteiger partial charge in [0, 0.05) is 17.3 Å². The Hall–Kier alpha value is -3.26. The molecule has 0 bridgehead atoms. The third kappa shape index (κ3) is 2.30. The summed E-state index contributed by atoms with van der Waals surface area (Å²) < 4.78 is 5.13. The molecule has 2 aromatic rings. The van der Waals surface area contributed by atoms with Crippen molar-refractivity contribution in [2.24, 2.45) is 0 Å². The molecule has 5 nitrogen and oxygen atoms in total. The lowest BCUT2D eigenvalue weighted by atomic mass is 10.0. The molecule has 0 fully saturated rings. The highest BCUT2D eigenvalue weighted by Crippen LogP contribution is 2.35. The third-order valence-corrected chi connectivity index (χ3v) is 3.06. The van der Waals surface area contributed by atoms with E-state index in [0.29, 0.717) is 40.0 Å². The fourth-order valence-corrected chi connectivity index (χ4v) is 2.03. The Morgan fingerprint density at radius 3 is 2.76 bits per heavy atom. The van der Waals surface area contributed by atoms with Gasteiger partial charge in [-0.05, 0) is 30.3 Å². The minimum Gasteiger partial charge on any atom is -0.422 e. The Balaban J connectivity index is 2.03. The summed E-state index contributed by atoms with van der Waals surface area (Å²) in [5, 5.41) is 8.73. The number of rotatable bonds is 2. The maximum absolute atomic E-state index is 11.9. The molecule has 0 saturated carbocycles. The van der Waals surface area contributed by atoms with Gasteiger partial charge < -0.3 is 4.74 Å². The average Bonchev–Trinajstić information content (AvgIpc) is 2.83. The molecule has 0 atom stereocenters. The van der Waals surface area contributed by atoms with Crippen molar-refractivity contribution in [3.05, 3.63) is 58.9 Å². The van der Waals surface area contributed by atoms with Gasteiger partial charge in [0.15, 0.2) is 0 Å². The molecule has 0 radical (unpaired) electrons. The molecule has 0 saturated heterocycles. The van der Waals surface area contributed by atoms with E-state index in [4.69, 9.17) is 10.00 Å². The van der Waals surface area contributed by atoms with E-state index in [9.17, 15) is 9.59 Å². The highest BCUT2D eigenvalue weighted by molar-refractivity contribution is 6.25. The minimum atomic E-state index is -0.487. The van der Waals surface area contributed by atoms with Gasteiger partial charge in [0.2, 0.25) is 0 Å². The van der Waals surface area contributed by atoms with Gasteiger partial charge in [0.1, 0.15) is 18.1 Å². The van der Waals surface area contributed by atoms with Crippen molar-refractivity contribution < 1.29 is 14.3 Å². The molecule has 0 aliphatic carbocycles. The zero-order valence-corrected chi connectivity index (χ0v) is 10.7. The lowest BCUT2D eigenvalue weighted by Crippen LogP contribution is -2.00. The predicted molar refractivity (Wildman–Crippen MR) is 74.3 cm³/mol. The standard InChI is InChI=1S/C16H8N2O3/c17-7-11-1-3-12(18-8-11)6-14-13-4-2-10(9-19)5-15(13)21-16(14)20/h1-6,8-9H/b14-6+. The largest absolute Gasteiger partial charge is 0.422 e. The van der Waals surface area contributed by atoms with E-state index in [2.05, 4.69) is 4.98 Å². The fraction of sp³-hybridized carbons (Fsp3) is 0. The Morgan fingerprint density at radius 1 is 1.24 bits per heavy atom. The average molecular weight is 276 g/mol. The zero-order chi connectivity index (χ0) is 14.8. The van der Waals surface area contributed by atoms with Crippen LogP contribution in [0.25, 0.3) is 11.6 Å². The quantitative estimate of drug-likeness (QED) is 0.363. The van der Waals surface area contributed by atoms with Crippen molar-refractivity contribution in [3.8, 4) is 11.8 Å². The van der Waals surface area contributed by atoms with Crippen molar-refractivity contribution in [2.45, 2.75) is 0 Å². The second-order valence-electron chi connectivity index (χ2n) is 4.40. The molecule has 1 aromatic carbocycles. The summed E-state index contributed by atoms with van der Waals surface area (Å²) in [6.07, 6.45) is 3.72. The maximum atomic E-state index is 11.9. The number of aldehydes is 1. The second-order valence-corrected chi connectivity index (χ2v) is 4.40. The van der Waals surface area contributed by atoms with Gasteiger partial charge >= 0.3 is 5.97 Å². The summed E-state index contributed by atoms with van der Waals surface area (Å²) in [4.78, 5) is 26.7. The molecule has 1 aliphatic heterocycles. The fourth-order valence-electron chi connectivity index (χ4n) is 2.03. The van der Waals surface area contributed by atoms with Crippen LogP contribution in [-0.4, -0.2) is 17.2 Å². The normalized spacial score (nSPS) is 14.4. The SMILES string of the molecule is N#Cc1ccc(/C=C2/C(=O)Oc3cc(C=O)ccc32)nc1. The summed E-state index contributed by atoms with van der Waals surface area (Å²) in [6, 6.07) is 10.1. The Kier molecular flexibility index (Phi) is 3.05. The summed E-state index contributed by atoms with van der Waals surface area (Å²) in [6.45, 7) is 0. The lowest BCUT2D eigenvalue weighted by Gasteiger charge is -1.97. The number of nitriles is 1. The van der Waals surface area contributed by atoms with Crippen molar-refractivity contribution in [1.82, 2.24) is 4.98 Å². The highest BCUT2D eigenvalue weighted by atomic mass is 16.5. The Labute approximate surface area is 120 Å². The molecule has 21 heavy (non-hydrogen) atoms. The smallest absolute Gasteiger partial charge is 0.344 e. The van der Waals surface area contributed by atoms with E-state index in [1.54, 1.807) is 30.3 Å². The van der Waals surface area contributed by atoms with E-state index in [1.807, 2.05) is 6.07 Å². The molecular weight excluding hydrogens is 268 g/mol. The Bertz CT molecular complexity index is 814. The van der Waals surface area contributed by atoms with Crippen LogP contribution in [0, 0.1) is 11.3 Å². The molecule has 3 rings (SSSR count). The van der Waals surface area contributed by atoms with Crippen LogP contribution >= 0.6 is 0 Å². The monoisotopic (exact) mass is 276 g/mol. The van der Waals surface area contributed by atoms with Gasteiger partial charge in [0.25, 0.3) is 0 Å². The van der Waals surface area contributed by atoms with Gasteiger partial charge in [0.05, 0.1) is 16.8 Å². The van der Waals surface area contributed by atoms with Crippen LogP contribution in [0.3, 0.4) is 0 Å². The molecule has 0 N–H and O–H groups in total. The zero-order valence-electron chi connectivity index (χ0n) is 10.7. The molecule has 0 amide bonds. The molecule has 5 heteroatoms. The van der Waals surface area contributed by atoms with Gasteiger partial charge in [-0.25, -0.2) is 4.79 Å². The van der Waals surface area contributed by atoms with Crippen LogP contribution in [0.1, 0.15) is 27.2 Å². The number of hydrogen-bond donors (Lipinski definition) is 0. The van der Waals surface area contributed by atoms with E-state index < -0.39 is 5.97 Å². The maximum Gasteiger partial charge on any atom is 0.344 e. The van der Waals surface area contributed by atoms with Crippen LogP contribution in [0.5, 0.6) is 5.75 Å². The number of carbonyl (C=O) groups excluding carboxylic acids is 2. The summed E-state index contributed by atoms with van der Waals surface area (Å²) in [5.74, 6) is -0.122. The van der Waals surface area contributed by atoms with E-state index in [0.717, 1.165) is 0 Å². The number of nitrogens with zero attached hydrogens (tertiary/aromatic N) is 2. The van der Waals surface area contributed by atoms with Crippen molar-refractivity contribution in [2.75, 3.05) is 0 Å². The molecule has 100 valence electrons. The number of ether oxygens (including phenoxy) is 1. The first-order valence-corrected chi connectivity index (χ1v) is 6.11. The van der Waals surface area contributed by atoms with Crippen LogP contribution in [-0.2, 0) is 4.79 Å². The van der Waals surface area contributed by atoms with Crippen LogP contribution in [0.2, 0.25) is 0 Å². The minimum absolute atomic E-state index is 0.365. The van der Waals surface area contributed by atoms with Crippen LogP contribution in [0.4, 0.5) is 0 Å². The third-order valence-electron chi connectivity index (χ3n) is 3.06. The number of fused-ring (bicyclic) bond motifs is 1. The van der Waals surface area contributed by atoms with Crippen molar-refractivity contribution in [1.29, 1.82) is 5.26 Å². The topological polar surface area (TPSA) is 80.0 Å². The molecule has 1 aromatic heterocycles. The lowest BCUT2D eigenvalue weighted by molar-refractivity contribution is -0.126. The summed E-state index contributed by atoms with van der Waals surface area (Å²) in [5.41, 5.74) is 2.44. The first-order valence-electron chi connectivity index (χ1n) is 6.11. The van der Waals surface area contributed by atoms with Crippen molar-refractivity contribution >= 4 is 23.9 Å². The summed E-state index contributed by atoms with van der Waals surface area (Å²) >= 11 is 0. The number of pyridine rings is 1. The van der Waals surface area contributed by atoms with Crippen LogP contribution in [0.15, 0.2) is 36.5 Å². The van der Waals surface area contributed by atoms with E-state index in [1.165, 1.54) is 12.3 Å². The number of carbonyl (C=O) groups is 2. The molecule has 2 heterocycles. The number of benzene rings is 1. The van der Waals surface area contributed by atoms with E-state index in [-0.39, 0.29) is 0 Å². The second kappa shape index (κ2) is 5.02. The van der Waals surface area contributed by atoms with Gasteiger partial charge in [-0.1, -0.05) is 6.07 Å². The first-order chi connectivity index (χ1) is 10.2. The van der Waals surface area contributed by atoms with Gasteiger partial charge in [-0.15, -0.1) is 0 Å². The molecular formula is C16H8N2O3. The highest BCUT2D eigenvalue weighted by Gasteiger charge is 2.27. The first kappa shape index (κ1) is 12.8. The molecule has 0 unspecified atom stereocenters. The number of esters is 1. The Morgan fingerprint density at radius 2 is 2.10 bits per heavy atom. The summed E-state index contributed by atoms with van der Waals surface area (Å²) in [7, 11) is 0. The molecule has 1 aliphatic rings. The molecule has 0 spiro atoms. The van der Waals surface area contributed by atoms with E-state index >= 15 is 0 Å². The van der Waals surface area contributed by atoms with Crippen molar-refractivity contribution in [3.63, 3.8) is 0 Å².